The van der Waals surface area contributed by atoms with E-state index in [0.29, 0.717) is 6.54 Å². The second-order valence-electron chi connectivity index (χ2n) is 5.04. The van der Waals surface area contributed by atoms with Crippen LogP contribution in [-0.4, -0.2) is 30.3 Å². The summed E-state index contributed by atoms with van der Waals surface area (Å²) in [5.41, 5.74) is 5.53. The van der Waals surface area contributed by atoms with Gasteiger partial charge in [-0.2, -0.15) is 4.31 Å². The van der Waals surface area contributed by atoms with E-state index in [0.717, 1.165) is 25.7 Å². The maximum atomic E-state index is 12.7. The Kier molecular flexibility index (Phi) is 4.88. The van der Waals surface area contributed by atoms with Gasteiger partial charge in [0.05, 0.1) is 5.02 Å². The molecule has 0 radical (unpaired) electrons. The lowest BCUT2D eigenvalue weighted by Crippen LogP contribution is -2.41. The summed E-state index contributed by atoms with van der Waals surface area (Å²) in [7, 11) is -3.56. The topological polar surface area (TPSA) is 76.3 Å². The van der Waals surface area contributed by atoms with Gasteiger partial charge in [0.15, 0.2) is 0 Å². The average Bonchev–Trinajstić information content (AvgIpc) is 2.43. The van der Waals surface area contributed by atoms with Crippen molar-refractivity contribution >= 4 is 27.4 Å². The molecule has 1 saturated carbocycles. The molecule has 7 heteroatoms. The van der Waals surface area contributed by atoms with Crippen LogP contribution in [0.4, 0.5) is 5.82 Å². The fourth-order valence-electron chi connectivity index (χ4n) is 2.70. The van der Waals surface area contributed by atoms with Gasteiger partial charge in [0.2, 0.25) is 10.0 Å². The number of hydrogen-bond acceptors (Lipinski definition) is 4. The predicted octanol–water partition coefficient (Wildman–Crippen LogP) is 2.66. The number of sulfonamides is 1. The molecule has 0 atom stereocenters. The highest BCUT2D eigenvalue weighted by Crippen LogP contribution is 2.29. The van der Waals surface area contributed by atoms with Crippen LogP contribution in [0.3, 0.4) is 0 Å². The maximum absolute atomic E-state index is 12.7. The van der Waals surface area contributed by atoms with Crippen molar-refractivity contribution in [2.45, 2.75) is 50.0 Å². The first-order chi connectivity index (χ1) is 9.46. The van der Waals surface area contributed by atoms with Gasteiger partial charge in [0.1, 0.15) is 10.7 Å². The van der Waals surface area contributed by atoms with Crippen LogP contribution in [0.25, 0.3) is 0 Å². The van der Waals surface area contributed by atoms with Gasteiger partial charge in [-0.05, 0) is 18.9 Å². The van der Waals surface area contributed by atoms with Crippen molar-refractivity contribution in [3.8, 4) is 0 Å². The summed E-state index contributed by atoms with van der Waals surface area (Å²) in [4.78, 5) is 3.96. The second kappa shape index (κ2) is 6.28. The molecule has 1 aromatic heterocycles. The molecule has 112 valence electrons. The van der Waals surface area contributed by atoms with Gasteiger partial charge in [-0.25, -0.2) is 13.4 Å². The largest absolute Gasteiger partial charge is 0.382 e. The van der Waals surface area contributed by atoms with Crippen LogP contribution in [0.5, 0.6) is 0 Å². The van der Waals surface area contributed by atoms with E-state index in [1.807, 2.05) is 6.92 Å². The van der Waals surface area contributed by atoms with Crippen LogP contribution < -0.4 is 5.73 Å². The van der Waals surface area contributed by atoms with Gasteiger partial charge in [0.25, 0.3) is 0 Å². The summed E-state index contributed by atoms with van der Waals surface area (Å²) in [5, 5.41) is 0.172. The number of rotatable bonds is 4. The Morgan fingerprint density at radius 1 is 1.40 bits per heavy atom. The highest BCUT2D eigenvalue weighted by atomic mass is 35.5. The highest BCUT2D eigenvalue weighted by molar-refractivity contribution is 7.89. The Morgan fingerprint density at radius 3 is 2.60 bits per heavy atom. The maximum Gasteiger partial charge on any atom is 0.244 e. The van der Waals surface area contributed by atoms with E-state index < -0.39 is 10.0 Å². The number of nitrogens with two attached hydrogens (primary N) is 1. The summed E-state index contributed by atoms with van der Waals surface area (Å²) >= 11 is 5.88. The number of nitrogen functional groups attached to an aromatic ring is 1. The molecule has 0 bridgehead atoms. The Hall–Kier alpha value is -0.850. The van der Waals surface area contributed by atoms with E-state index in [-0.39, 0.29) is 21.8 Å². The molecule has 1 heterocycles. The minimum absolute atomic E-state index is 0.0788. The summed E-state index contributed by atoms with van der Waals surface area (Å²) in [6.45, 7) is 2.31. The first kappa shape index (κ1) is 15.5. The first-order valence-electron chi connectivity index (χ1n) is 6.89. The van der Waals surface area contributed by atoms with Crippen LogP contribution in [0.15, 0.2) is 17.2 Å². The number of aromatic nitrogens is 1. The third-order valence-electron chi connectivity index (χ3n) is 3.74. The molecule has 2 N–H and O–H groups in total. The predicted molar refractivity (Wildman–Crippen MR) is 80.1 cm³/mol. The summed E-state index contributed by atoms with van der Waals surface area (Å²) in [6.07, 6.45) is 6.46. The Labute approximate surface area is 125 Å². The molecule has 2 rings (SSSR count). The van der Waals surface area contributed by atoms with E-state index in [2.05, 4.69) is 4.98 Å². The standard InChI is InChI=1S/C13H20ClN3O2S/c1-2-17(10-6-4-3-5-7-10)20(18,19)11-8-12(14)13(15)16-9-11/h8-10H,2-7H2,1H3,(H2,15,16). The number of nitrogens with zero attached hydrogens (tertiary/aromatic N) is 2. The molecule has 0 amide bonds. The van der Waals surface area contributed by atoms with Crippen molar-refractivity contribution in [2.75, 3.05) is 12.3 Å². The molecule has 0 aliphatic heterocycles. The fourth-order valence-corrected chi connectivity index (χ4v) is 4.60. The lowest BCUT2D eigenvalue weighted by atomic mass is 9.95. The van der Waals surface area contributed by atoms with Gasteiger partial charge in [-0.15, -0.1) is 0 Å². The molecule has 0 aromatic carbocycles. The van der Waals surface area contributed by atoms with Gasteiger partial charge < -0.3 is 5.73 Å². The van der Waals surface area contributed by atoms with Crippen LogP contribution in [0, 0.1) is 0 Å². The van der Waals surface area contributed by atoms with Crippen LogP contribution in [-0.2, 0) is 10.0 Å². The van der Waals surface area contributed by atoms with Crippen molar-refractivity contribution in [1.82, 2.24) is 9.29 Å². The molecule has 1 aliphatic carbocycles. The van der Waals surface area contributed by atoms with E-state index in [9.17, 15) is 8.42 Å². The van der Waals surface area contributed by atoms with Crippen molar-refractivity contribution in [3.05, 3.63) is 17.3 Å². The monoisotopic (exact) mass is 317 g/mol. The molecule has 1 aromatic rings. The Bertz CT molecular complexity index is 571. The van der Waals surface area contributed by atoms with E-state index >= 15 is 0 Å². The fraction of sp³-hybridized carbons (Fsp3) is 0.615. The molecule has 5 nitrogen and oxygen atoms in total. The second-order valence-corrected chi connectivity index (χ2v) is 7.34. The zero-order chi connectivity index (χ0) is 14.8. The minimum Gasteiger partial charge on any atom is -0.382 e. The smallest absolute Gasteiger partial charge is 0.244 e. The summed E-state index contributed by atoms with van der Waals surface area (Å²) in [5.74, 6) is 0.145. The molecular weight excluding hydrogens is 298 g/mol. The van der Waals surface area contributed by atoms with Gasteiger partial charge in [-0.1, -0.05) is 37.8 Å². The van der Waals surface area contributed by atoms with Gasteiger partial charge in [0, 0.05) is 18.8 Å². The summed E-state index contributed by atoms with van der Waals surface area (Å²) < 4.78 is 27.0. The Balaban J connectivity index is 2.32. The number of anilines is 1. The minimum atomic E-state index is -3.56. The molecule has 0 spiro atoms. The first-order valence-corrected chi connectivity index (χ1v) is 8.71. The zero-order valence-electron chi connectivity index (χ0n) is 11.5. The van der Waals surface area contributed by atoms with Crippen molar-refractivity contribution in [1.29, 1.82) is 0 Å². The SMILES string of the molecule is CCN(C1CCCCC1)S(=O)(=O)c1cnc(N)c(Cl)c1. The van der Waals surface area contributed by atoms with Crippen molar-refractivity contribution < 1.29 is 8.42 Å². The third kappa shape index (κ3) is 3.07. The van der Waals surface area contributed by atoms with Crippen LogP contribution in [0.1, 0.15) is 39.0 Å². The molecule has 0 unspecified atom stereocenters. The molecule has 0 saturated heterocycles. The molecule has 20 heavy (non-hydrogen) atoms. The van der Waals surface area contributed by atoms with Gasteiger partial charge >= 0.3 is 0 Å². The van der Waals surface area contributed by atoms with Gasteiger partial charge in [-0.3, -0.25) is 0 Å². The molecule has 1 aliphatic rings. The Morgan fingerprint density at radius 2 is 2.05 bits per heavy atom. The number of hydrogen-bond donors (Lipinski definition) is 1. The highest BCUT2D eigenvalue weighted by Gasteiger charge is 2.31. The summed E-state index contributed by atoms with van der Waals surface area (Å²) in [6, 6.07) is 1.46. The van der Waals surface area contributed by atoms with Crippen LogP contribution >= 0.6 is 11.6 Å². The average molecular weight is 318 g/mol. The number of halogens is 1. The molecular formula is C13H20ClN3O2S. The lowest BCUT2D eigenvalue weighted by Gasteiger charge is -2.32. The third-order valence-corrected chi connectivity index (χ3v) is 6.04. The zero-order valence-corrected chi connectivity index (χ0v) is 13.1. The lowest BCUT2D eigenvalue weighted by molar-refractivity contribution is 0.261. The normalized spacial score (nSPS) is 17.6. The number of pyridine rings is 1. The van der Waals surface area contributed by atoms with Crippen LogP contribution in [0.2, 0.25) is 5.02 Å². The van der Waals surface area contributed by atoms with E-state index in [4.69, 9.17) is 17.3 Å². The molecule has 1 fully saturated rings. The van der Waals surface area contributed by atoms with E-state index in [1.165, 1.54) is 18.7 Å². The quantitative estimate of drug-likeness (QED) is 0.926. The van der Waals surface area contributed by atoms with E-state index in [1.54, 1.807) is 4.31 Å². The van der Waals surface area contributed by atoms with Crippen molar-refractivity contribution in [2.24, 2.45) is 0 Å². The van der Waals surface area contributed by atoms with Crippen molar-refractivity contribution in [3.63, 3.8) is 0 Å².